The summed E-state index contributed by atoms with van der Waals surface area (Å²) in [7, 11) is 4.68. The van der Waals surface area contributed by atoms with Crippen LogP contribution >= 0.6 is 0 Å². The van der Waals surface area contributed by atoms with Gasteiger partial charge in [0.05, 0.1) is 33.1 Å². The summed E-state index contributed by atoms with van der Waals surface area (Å²) in [6.07, 6.45) is 3.17. The molecule has 0 aliphatic heterocycles. The van der Waals surface area contributed by atoms with Crippen LogP contribution < -0.4 is 35.6 Å². The van der Waals surface area contributed by atoms with Gasteiger partial charge in [-0.3, -0.25) is 14.4 Å². The summed E-state index contributed by atoms with van der Waals surface area (Å²) in [4.78, 5) is 39.5. The second-order valence-corrected chi connectivity index (χ2v) is 11.8. The first kappa shape index (κ1) is 32.4. The lowest BCUT2D eigenvalue weighted by Crippen LogP contribution is -2.44. The lowest BCUT2D eigenvalue weighted by Gasteiger charge is -2.22. The van der Waals surface area contributed by atoms with Crippen molar-refractivity contribution >= 4 is 28.4 Å². The number of aromatic nitrogens is 1. The monoisotopic (exact) mass is 626 g/mol. The Balaban J connectivity index is 1.49. The summed E-state index contributed by atoms with van der Waals surface area (Å²) < 4.78 is 19.3. The highest BCUT2D eigenvalue weighted by Gasteiger charge is 2.30. The van der Waals surface area contributed by atoms with Crippen LogP contribution in [-0.4, -0.2) is 50.3 Å². The van der Waals surface area contributed by atoms with Crippen molar-refractivity contribution in [3.63, 3.8) is 0 Å². The average molecular weight is 627 g/mol. The zero-order chi connectivity index (χ0) is 33.0. The van der Waals surface area contributed by atoms with Gasteiger partial charge in [-0.1, -0.05) is 38.1 Å². The molecule has 3 N–H and O–H groups in total. The number of fused-ring (bicyclic) bond motifs is 4. The molecule has 10 heteroatoms. The molecule has 0 bridgehead atoms. The van der Waals surface area contributed by atoms with Crippen LogP contribution in [0, 0.1) is 5.92 Å². The van der Waals surface area contributed by atoms with E-state index in [-0.39, 0.29) is 28.8 Å². The molecule has 0 spiro atoms. The van der Waals surface area contributed by atoms with E-state index in [2.05, 4.69) is 38.7 Å². The predicted octanol–water partition coefficient (Wildman–Crippen LogP) is 5.07. The maximum absolute atomic E-state index is 13.8. The van der Waals surface area contributed by atoms with Gasteiger partial charge in [0.1, 0.15) is 6.04 Å². The average Bonchev–Trinajstić information content (AvgIpc) is 3.30. The van der Waals surface area contributed by atoms with E-state index in [4.69, 9.17) is 14.2 Å². The van der Waals surface area contributed by atoms with Gasteiger partial charge < -0.3 is 34.7 Å². The van der Waals surface area contributed by atoms with E-state index in [0.717, 1.165) is 27.6 Å². The zero-order valence-corrected chi connectivity index (χ0v) is 27.2. The van der Waals surface area contributed by atoms with Gasteiger partial charge in [-0.25, -0.2) is 0 Å². The number of amides is 2. The Kier molecular flexibility index (Phi) is 9.84. The van der Waals surface area contributed by atoms with Gasteiger partial charge in [-0.05, 0) is 71.2 Å². The topological polar surface area (TPSA) is 120 Å². The van der Waals surface area contributed by atoms with Crippen LogP contribution in [0.2, 0.25) is 0 Å². The van der Waals surface area contributed by atoms with Crippen molar-refractivity contribution in [1.82, 2.24) is 15.2 Å². The number of hydrogen-bond acceptors (Lipinski definition) is 7. The number of carbonyl (C=O) groups excluding carboxylic acids is 2. The highest BCUT2D eigenvalue weighted by Crippen LogP contribution is 2.50. The van der Waals surface area contributed by atoms with Crippen molar-refractivity contribution in [2.24, 2.45) is 5.92 Å². The van der Waals surface area contributed by atoms with Crippen LogP contribution in [0.4, 0.5) is 5.69 Å². The molecule has 242 valence electrons. The number of anilines is 1. The number of hydrogen-bond donors (Lipinski definition) is 3. The van der Waals surface area contributed by atoms with Crippen LogP contribution in [0.5, 0.6) is 17.2 Å². The molecule has 10 nitrogen and oxygen atoms in total. The molecule has 4 aromatic rings. The van der Waals surface area contributed by atoms with Gasteiger partial charge in [0.2, 0.25) is 23.0 Å². The van der Waals surface area contributed by atoms with Gasteiger partial charge in [-0.2, -0.15) is 0 Å². The first-order valence-electron chi connectivity index (χ1n) is 15.5. The number of para-hydroxylation sites is 1. The van der Waals surface area contributed by atoms with Crippen molar-refractivity contribution in [2.45, 2.75) is 52.2 Å². The molecule has 0 radical (unpaired) electrons. The summed E-state index contributed by atoms with van der Waals surface area (Å²) in [6.45, 7) is 6.39. The lowest BCUT2D eigenvalue weighted by molar-refractivity contribution is -0.122. The third kappa shape index (κ3) is 6.51. The predicted molar refractivity (Wildman–Crippen MR) is 180 cm³/mol. The molecule has 1 aliphatic rings. The third-order valence-electron chi connectivity index (χ3n) is 8.51. The molecule has 0 saturated heterocycles. The molecule has 46 heavy (non-hydrogen) atoms. The number of benzene rings is 2. The summed E-state index contributed by atoms with van der Waals surface area (Å²) in [5.41, 5.74) is 4.17. The van der Waals surface area contributed by atoms with E-state index in [9.17, 15) is 14.4 Å². The maximum Gasteiger partial charge on any atom is 0.242 e. The minimum absolute atomic E-state index is 0.111. The second kappa shape index (κ2) is 14.0. The van der Waals surface area contributed by atoms with Crippen LogP contribution in [-0.2, 0) is 22.6 Å². The number of aryl methyl sites for hydroxylation is 1. The van der Waals surface area contributed by atoms with E-state index < -0.39 is 12.1 Å². The zero-order valence-electron chi connectivity index (χ0n) is 27.2. The Morgan fingerprint density at radius 3 is 2.43 bits per heavy atom. The molecule has 0 saturated carbocycles. The SMILES string of the molecule is COc1cc2c(c(OC)c1OC)-c1ccc(NC(C(=O)NCCn3ccc4ccccc43)C(C)C)c(=O)cc1C(NC(C)=O)CC2. The molecule has 1 heterocycles. The fraction of sp³-hybridized carbons (Fsp3) is 0.361. The van der Waals surface area contributed by atoms with Gasteiger partial charge in [-0.15, -0.1) is 0 Å². The number of rotatable bonds is 11. The van der Waals surface area contributed by atoms with E-state index in [0.29, 0.717) is 48.7 Å². The number of methoxy groups -OCH3 is 3. The number of nitrogens with one attached hydrogen (secondary N) is 3. The van der Waals surface area contributed by atoms with Gasteiger partial charge >= 0.3 is 0 Å². The first-order chi connectivity index (χ1) is 22.2. The van der Waals surface area contributed by atoms with Gasteiger partial charge in [0.25, 0.3) is 0 Å². The Hall–Kier alpha value is -4.99. The summed E-state index contributed by atoms with van der Waals surface area (Å²) in [5, 5.41) is 10.4. The van der Waals surface area contributed by atoms with E-state index in [1.54, 1.807) is 33.5 Å². The second-order valence-electron chi connectivity index (χ2n) is 11.8. The summed E-state index contributed by atoms with van der Waals surface area (Å²) in [5.74, 6) is 0.930. The van der Waals surface area contributed by atoms with Crippen LogP contribution in [0.15, 0.2) is 65.6 Å². The highest BCUT2D eigenvalue weighted by molar-refractivity contribution is 5.86. The Bertz CT molecular complexity index is 1810. The lowest BCUT2D eigenvalue weighted by atomic mass is 9.95. The fourth-order valence-corrected chi connectivity index (χ4v) is 6.27. The van der Waals surface area contributed by atoms with Crippen LogP contribution in [0.25, 0.3) is 22.0 Å². The standard InChI is InChI=1S/C36H42N4O6/c1-21(2)33(36(43)37-16-18-40-17-15-23-9-7-8-10-29(23)40)39-28-14-12-25-26(20-30(28)42)27(38-22(3)41)13-11-24-19-31(44-4)34(45-5)35(46-6)32(24)25/h7-10,12,14-15,17,19-21,27,33H,11,13,16,18H2,1-6H3,(H,37,43)(H,38,41)(H,39,42). The number of carbonyl (C=O) groups is 2. The maximum atomic E-state index is 13.8. The minimum atomic E-state index is -0.659. The quantitative estimate of drug-likeness (QED) is 0.213. The van der Waals surface area contributed by atoms with E-state index in [1.165, 1.54) is 6.92 Å². The summed E-state index contributed by atoms with van der Waals surface area (Å²) in [6, 6.07) is 16.1. The number of nitrogens with zero attached hydrogens (tertiary/aromatic N) is 1. The van der Waals surface area contributed by atoms with Gasteiger partial charge in [0, 0.05) is 37.3 Å². The fourth-order valence-electron chi connectivity index (χ4n) is 6.27. The van der Waals surface area contributed by atoms with Crippen molar-refractivity contribution in [3.8, 4) is 28.4 Å². The van der Waals surface area contributed by atoms with Crippen LogP contribution in [0.3, 0.4) is 0 Å². The van der Waals surface area contributed by atoms with Crippen molar-refractivity contribution < 1.29 is 23.8 Å². The number of ether oxygens (including phenoxy) is 3. The molecule has 2 atom stereocenters. The highest BCUT2D eigenvalue weighted by atomic mass is 16.5. The first-order valence-corrected chi connectivity index (χ1v) is 15.5. The smallest absolute Gasteiger partial charge is 0.242 e. The molecule has 2 unspecified atom stereocenters. The normalized spacial score (nSPS) is 14.5. The third-order valence-corrected chi connectivity index (χ3v) is 8.51. The molecule has 1 aliphatic carbocycles. The molecule has 3 aromatic carbocycles. The minimum Gasteiger partial charge on any atom is -0.493 e. The Labute approximate surface area is 269 Å². The van der Waals surface area contributed by atoms with E-state index >= 15 is 0 Å². The molecular formula is C36H42N4O6. The largest absolute Gasteiger partial charge is 0.493 e. The Morgan fingerprint density at radius 1 is 0.978 bits per heavy atom. The van der Waals surface area contributed by atoms with Crippen molar-refractivity contribution in [2.75, 3.05) is 33.2 Å². The molecular weight excluding hydrogens is 584 g/mol. The summed E-state index contributed by atoms with van der Waals surface area (Å²) >= 11 is 0. The van der Waals surface area contributed by atoms with Crippen LogP contribution in [0.1, 0.15) is 44.4 Å². The Morgan fingerprint density at radius 2 is 1.74 bits per heavy atom. The molecule has 1 aromatic heterocycles. The molecule has 0 fully saturated rings. The van der Waals surface area contributed by atoms with E-state index in [1.807, 2.05) is 44.3 Å². The molecule has 5 rings (SSSR count). The van der Waals surface area contributed by atoms with Crippen molar-refractivity contribution in [1.29, 1.82) is 0 Å². The van der Waals surface area contributed by atoms with Gasteiger partial charge in [0.15, 0.2) is 11.5 Å². The molecule has 2 amide bonds. The van der Waals surface area contributed by atoms with Crippen molar-refractivity contribution in [3.05, 3.63) is 82.1 Å².